The Hall–Kier alpha value is -1.14. The molecular formula is C18H27ClF3NO2. The van der Waals surface area contributed by atoms with E-state index in [1.165, 1.54) is 12.8 Å². The van der Waals surface area contributed by atoms with Crippen LogP contribution in [0.1, 0.15) is 30.4 Å². The number of halogens is 4. The second-order valence-electron chi connectivity index (χ2n) is 6.68. The first-order valence-corrected chi connectivity index (χ1v) is 8.37. The molecular weight excluding hydrogens is 355 g/mol. The number of ether oxygens (including phenoxy) is 2. The highest BCUT2D eigenvalue weighted by molar-refractivity contribution is 5.85. The van der Waals surface area contributed by atoms with Crippen molar-refractivity contribution in [2.45, 2.75) is 39.3 Å². The van der Waals surface area contributed by atoms with E-state index in [2.05, 4.69) is 11.9 Å². The Kier molecular flexibility index (Phi) is 8.35. The highest BCUT2D eigenvalue weighted by atomic mass is 35.5. The van der Waals surface area contributed by atoms with Gasteiger partial charge in [-0.25, -0.2) is 0 Å². The van der Waals surface area contributed by atoms with E-state index >= 15 is 0 Å². The van der Waals surface area contributed by atoms with E-state index in [0.29, 0.717) is 18.3 Å². The van der Waals surface area contributed by atoms with Gasteiger partial charge in [0.2, 0.25) is 0 Å². The molecule has 7 heteroatoms. The summed E-state index contributed by atoms with van der Waals surface area (Å²) >= 11 is 0. The van der Waals surface area contributed by atoms with Crippen molar-refractivity contribution in [3.63, 3.8) is 0 Å². The lowest BCUT2D eigenvalue weighted by atomic mass is 9.99. The number of piperidine rings is 1. The summed E-state index contributed by atoms with van der Waals surface area (Å²) in [5.41, 5.74) is 1.78. The van der Waals surface area contributed by atoms with Gasteiger partial charge in [-0.2, -0.15) is 13.2 Å². The van der Waals surface area contributed by atoms with Crippen LogP contribution < -0.4 is 9.47 Å². The molecule has 1 fully saturated rings. The van der Waals surface area contributed by atoms with E-state index in [0.717, 1.165) is 30.0 Å². The van der Waals surface area contributed by atoms with E-state index in [1.807, 2.05) is 13.8 Å². The molecule has 144 valence electrons. The molecule has 1 aromatic carbocycles. The Balaban J connectivity index is 0.00000312. The summed E-state index contributed by atoms with van der Waals surface area (Å²) in [5, 5.41) is 0. The minimum Gasteiger partial charge on any atom is -0.493 e. The van der Waals surface area contributed by atoms with Crippen LogP contribution in [0.25, 0.3) is 0 Å². The first-order chi connectivity index (χ1) is 11.2. The van der Waals surface area contributed by atoms with Crippen molar-refractivity contribution in [3.8, 4) is 11.5 Å². The number of rotatable bonds is 6. The van der Waals surface area contributed by atoms with Gasteiger partial charge in [-0.3, -0.25) is 0 Å². The van der Waals surface area contributed by atoms with Gasteiger partial charge in [0, 0.05) is 12.5 Å². The SMILES string of the molecule is Cc1cc(OCCC(F)(F)F)cc(C)c1OCC1CCCN(C)C1.Cl. The average molecular weight is 382 g/mol. The molecule has 1 aliphatic rings. The van der Waals surface area contributed by atoms with Gasteiger partial charge >= 0.3 is 6.18 Å². The molecule has 2 rings (SSSR count). The summed E-state index contributed by atoms with van der Waals surface area (Å²) in [6.45, 7) is 6.27. The van der Waals surface area contributed by atoms with E-state index in [9.17, 15) is 13.2 Å². The highest BCUT2D eigenvalue weighted by Gasteiger charge is 2.27. The van der Waals surface area contributed by atoms with E-state index in [4.69, 9.17) is 9.47 Å². The molecule has 1 unspecified atom stereocenters. The van der Waals surface area contributed by atoms with Gasteiger partial charge in [0.05, 0.1) is 19.6 Å². The fourth-order valence-corrected chi connectivity index (χ4v) is 3.12. The summed E-state index contributed by atoms with van der Waals surface area (Å²) in [7, 11) is 2.12. The Morgan fingerprint density at radius 3 is 2.36 bits per heavy atom. The van der Waals surface area contributed by atoms with Gasteiger partial charge in [0.15, 0.2) is 0 Å². The van der Waals surface area contributed by atoms with E-state index in [1.54, 1.807) is 12.1 Å². The third-order valence-electron chi connectivity index (χ3n) is 4.27. The number of benzene rings is 1. The number of alkyl halides is 3. The van der Waals surface area contributed by atoms with Crippen LogP contribution in [0.3, 0.4) is 0 Å². The molecule has 0 amide bonds. The topological polar surface area (TPSA) is 21.7 Å². The van der Waals surface area contributed by atoms with Gasteiger partial charge in [-0.05, 0) is 63.5 Å². The molecule has 3 nitrogen and oxygen atoms in total. The Morgan fingerprint density at radius 2 is 1.80 bits per heavy atom. The van der Waals surface area contributed by atoms with Gasteiger partial charge < -0.3 is 14.4 Å². The Labute approximate surface area is 153 Å². The third-order valence-corrected chi connectivity index (χ3v) is 4.27. The molecule has 0 aliphatic carbocycles. The number of likely N-dealkylation sites (tertiary alicyclic amines) is 1. The van der Waals surface area contributed by atoms with Gasteiger partial charge in [-0.1, -0.05) is 0 Å². The van der Waals surface area contributed by atoms with Crippen LogP contribution in [-0.2, 0) is 0 Å². The maximum absolute atomic E-state index is 12.2. The Morgan fingerprint density at radius 1 is 1.16 bits per heavy atom. The van der Waals surface area contributed by atoms with Crippen molar-refractivity contribution >= 4 is 12.4 Å². The summed E-state index contributed by atoms with van der Waals surface area (Å²) in [6, 6.07) is 3.48. The third kappa shape index (κ3) is 7.32. The van der Waals surface area contributed by atoms with Crippen molar-refractivity contribution in [2.75, 3.05) is 33.4 Å². The molecule has 1 aromatic rings. The fraction of sp³-hybridized carbons (Fsp3) is 0.667. The van der Waals surface area contributed by atoms with Gasteiger partial charge in [0.1, 0.15) is 11.5 Å². The van der Waals surface area contributed by atoms with Crippen LogP contribution >= 0.6 is 12.4 Å². The molecule has 0 N–H and O–H groups in total. The summed E-state index contributed by atoms with van der Waals surface area (Å²) in [6.07, 6.45) is -2.78. The zero-order valence-corrected chi connectivity index (χ0v) is 15.8. The summed E-state index contributed by atoms with van der Waals surface area (Å²) in [4.78, 5) is 2.31. The lowest BCUT2D eigenvalue weighted by Gasteiger charge is -2.29. The monoisotopic (exact) mass is 381 g/mol. The van der Waals surface area contributed by atoms with Gasteiger partial charge in [0.25, 0.3) is 0 Å². The van der Waals surface area contributed by atoms with Crippen LogP contribution in [0.5, 0.6) is 11.5 Å². The van der Waals surface area contributed by atoms with Crippen LogP contribution in [0, 0.1) is 19.8 Å². The molecule has 1 aliphatic heterocycles. The normalized spacial score (nSPS) is 18.6. The van der Waals surface area contributed by atoms with Crippen LogP contribution in [0.2, 0.25) is 0 Å². The predicted octanol–water partition coefficient (Wildman–Crippen LogP) is 4.78. The molecule has 0 aromatic heterocycles. The first kappa shape index (κ1) is 21.9. The van der Waals surface area contributed by atoms with Crippen LogP contribution in [-0.4, -0.2) is 44.4 Å². The predicted molar refractivity (Wildman–Crippen MR) is 95.0 cm³/mol. The average Bonchev–Trinajstić information content (AvgIpc) is 2.45. The molecule has 0 spiro atoms. The Bertz CT molecular complexity index is 529. The quantitative estimate of drug-likeness (QED) is 0.708. The lowest BCUT2D eigenvalue weighted by Crippen LogP contribution is -2.34. The summed E-state index contributed by atoms with van der Waals surface area (Å²) < 4.78 is 47.8. The molecule has 1 saturated heterocycles. The minimum absolute atomic E-state index is 0. The minimum atomic E-state index is -4.19. The van der Waals surface area contributed by atoms with Crippen molar-refractivity contribution in [1.82, 2.24) is 4.90 Å². The zero-order chi connectivity index (χ0) is 17.7. The zero-order valence-electron chi connectivity index (χ0n) is 15.0. The lowest BCUT2D eigenvalue weighted by molar-refractivity contribution is -0.139. The highest BCUT2D eigenvalue weighted by Crippen LogP contribution is 2.30. The van der Waals surface area contributed by atoms with Crippen molar-refractivity contribution in [3.05, 3.63) is 23.3 Å². The number of nitrogens with zero attached hydrogens (tertiary/aromatic N) is 1. The molecule has 0 saturated carbocycles. The fourth-order valence-electron chi connectivity index (χ4n) is 3.12. The molecule has 1 atom stereocenters. The number of hydrogen-bond donors (Lipinski definition) is 0. The number of hydrogen-bond acceptors (Lipinski definition) is 3. The molecule has 0 bridgehead atoms. The maximum atomic E-state index is 12.2. The van der Waals surface area contributed by atoms with Crippen molar-refractivity contribution in [1.29, 1.82) is 0 Å². The van der Waals surface area contributed by atoms with E-state index < -0.39 is 12.6 Å². The smallest absolute Gasteiger partial charge is 0.392 e. The van der Waals surface area contributed by atoms with Crippen LogP contribution in [0.15, 0.2) is 12.1 Å². The molecule has 1 heterocycles. The summed E-state index contributed by atoms with van der Waals surface area (Å²) in [5.74, 6) is 1.79. The molecule has 0 radical (unpaired) electrons. The van der Waals surface area contributed by atoms with Crippen molar-refractivity contribution in [2.24, 2.45) is 5.92 Å². The van der Waals surface area contributed by atoms with Gasteiger partial charge in [-0.15, -0.1) is 12.4 Å². The first-order valence-electron chi connectivity index (χ1n) is 8.37. The van der Waals surface area contributed by atoms with Crippen molar-refractivity contribution < 1.29 is 22.6 Å². The maximum Gasteiger partial charge on any atom is 0.392 e. The largest absolute Gasteiger partial charge is 0.493 e. The number of aryl methyl sites for hydroxylation is 2. The van der Waals surface area contributed by atoms with E-state index in [-0.39, 0.29) is 19.0 Å². The second kappa shape index (κ2) is 9.53. The standard InChI is InChI=1S/C18H26F3NO2.ClH/c1-13-9-16(23-8-6-18(19,20)21)10-14(2)17(13)24-12-15-5-4-7-22(3)11-15;/h9-10,15H,4-8,11-12H2,1-3H3;1H. The second-order valence-corrected chi connectivity index (χ2v) is 6.68. The van der Waals surface area contributed by atoms with Crippen LogP contribution in [0.4, 0.5) is 13.2 Å². The molecule has 25 heavy (non-hydrogen) atoms.